The quantitative estimate of drug-likeness (QED) is 0.644. The molecule has 0 spiro atoms. The molecular weight excluding hydrogens is 256 g/mol. The Hall–Kier alpha value is -1.75. The maximum Gasteiger partial charge on any atom is 0.335 e. The molecule has 1 unspecified atom stereocenters. The van der Waals surface area contributed by atoms with Crippen molar-refractivity contribution < 1.29 is 14.7 Å². The Bertz CT molecular complexity index is 504. The van der Waals surface area contributed by atoms with Crippen molar-refractivity contribution in [1.29, 1.82) is 0 Å². The smallest absolute Gasteiger partial charge is 0.335 e. The first-order chi connectivity index (χ1) is 8.51. The van der Waals surface area contributed by atoms with E-state index in [1.54, 1.807) is 6.07 Å². The lowest BCUT2D eigenvalue weighted by atomic mass is 10.1. The molecule has 1 aliphatic rings. The molecule has 1 atom stereocenters. The highest BCUT2D eigenvalue weighted by Gasteiger charge is 2.30. The molecule has 3 N–H and O–H groups in total. The van der Waals surface area contributed by atoms with Crippen LogP contribution < -0.4 is 10.6 Å². The summed E-state index contributed by atoms with van der Waals surface area (Å²) in [5.74, 6) is -0.600. The number of nitrogens with zero attached hydrogens (tertiary/aromatic N) is 1. The molecule has 6 heteroatoms. The number of carboxylic acids is 1. The number of carbonyl (C=O) groups excluding carboxylic acids is 1. The van der Waals surface area contributed by atoms with E-state index >= 15 is 0 Å². The first kappa shape index (κ1) is 12.7. The van der Waals surface area contributed by atoms with Crippen LogP contribution in [0.25, 0.3) is 0 Å². The Labute approximate surface area is 109 Å². The number of carboxylic acid groups (broad SMARTS) is 1. The number of amides is 1. The predicted molar refractivity (Wildman–Crippen MR) is 69.0 cm³/mol. The summed E-state index contributed by atoms with van der Waals surface area (Å²) in [6.45, 7) is 0.505. The van der Waals surface area contributed by atoms with E-state index in [2.05, 4.69) is 0 Å². The molecule has 18 heavy (non-hydrogen) atoms. The normalized spacial score (nSPS) is 19.3. The molecule has 1 saturated heterocycles. The van der Waals surface area contributed by atoms with E-state index in [9.17, 15) is 9.59 Å². The highest BCUT2D eigenvalue weighted by Crippen LogP contribution is 2.28. The molecule has 1 fully saturated rings. The number of rotatable bonds is 3. The summed E-state index contributed by atoms with van der Waals surface area (Å²) in [5.41, 5.74) is 6.57. The van der Waals surface area contributed by atoms with Crippen LogP contribution in [0.4, 0.5) is 11.4 Å². The van der Waals surface area contributed by atoms with Gasteiger partial charge in [0.2, 0.25) is 5.91 Å². The summed E-state index contributed by atoms with van der Waals surface area (Å²) in [6.07, 6.45) is 0.390. The molecule has 2 rings (SSSR count). The molecule has 0 radical (unpaired) electrons. The predicted octanol–water partition coefficient (Wildman–Crippen LogP) is 1.56. The number of benzene rings is 1. The van der Waals surface area contributed by atoms with Crippen LogP contribution in [0.3, 0.4) is 0 Å². The van der Waals surface area contributed by atoms with E-state index in [1.165, 1.54) is 17.0 Å². The largest absolute Gasteiger partial charge is 0.478 e. The number of carbonyl (C=O) groups is 2. The van der Waals surface area contributed by atoms with Gasteiger partial charge in [0.15, 0.2) is 0 Å². The van der Waals surface area contributed by atoms with E-state index < -0.39 is 5.97 Å². The fourth-order valence-corrected chi connectivity index (χ4v) is 2.26. The molecule has 96 valence electrons. The van der Waals surface area contributed by atoms with Crippen molar-refractivity contribution in [2.75, 3.05) is 23.1 Å². The average molecular weight is 269 g/mol. The van der Waals surface area contributed by atoms with E-state index in [-0.39, 0.29) is 17.4 Å². The lowest BCUT2D eigenvalue weighted by molar-refractivity contribution is -0.117. The van der Waals surface area contributed by atoms with Gasteiger partial charge in [-0.05, 0) is 24.1 Å². The first-order valence-corrected chi connectivity index (χ1v) is 6.05. The Kier molecular flexibility index (Phi) is 3.43. The summed E-state index contributed by atoms with van der Waals surface area (Å²) in [4.78, 5) is 24.3. The fraction of sp³-hybridized carbons (Fsp3) is 0.333. The van der Waals surface area contributed by atoms with Gasteiger partial charge < -0.3 is 15.7 Å². The maximum atomic E-state index is 11.8. The van der Waals surface area contributed by atoms with Crippen molar-refractivity contribution in [3.63, 3.8) is 0 Å². The SMILES string of the molecule is Nc1cc(C(=O)O)cc(N2CC(CCl)CC2=O)c1. The van der Waals surface area contributed by atoms with Crippen molar-refractivity contribution in [2.45, 2.75) is 6.42 Å². The van der Waals surface area contributed by atoms with Crippen LogP contribution >= 0.6 is 11.6 Å². The number of anilines is 2. The lowest BCUT2D eigenvalue weighted by Gasteiger charge is -2.17. The number of nitrogens with two attached hydrogens (primary N) is 1. The maximum absolute atomic E-state index is 11.8. The van der Waals surface area contributed by atoms with Crippen molar-refractivity contribution >= 4 is 34.9 Å². The minimum Gasteiger partial charge on any atom is -0.478 e. The van der Waals surface area contributed by atoms with Crippen molar-refractivity contribution in [2.24, 2.45) is 5.92 Å². The highest BCUT2D eigenvalue weighted by molar-refractivity contribution is 6.18. The summed E-state index contributed by atoms with van der Waals surface area (Å²) in [6, 6.07) is 4.42. The van der Waals surface area contributed by atoms with Crippen LogP contribution in [0, 0.1) is 5.92 Å². The Morgan fingerprint density at radius 3 is 2.78 bits per heavy atom. The van der Waals surface area contributed by atoms with Crippen LogP contribution in [0.1, 0.15) is 16.8 Å². The minimum atomic E-state index is -1.07. The Balaban J connectivity index is 2.34. The summed E-state index contributed by atoms with van der Waals surface area (Å²) >= 11 is 5.74. The van der Waals surface area contributed by atoms with Gasteiger partial charge in [-0.25, -0.2) is 4.79 Å². The second-order valence-corrected chi connectivity index (χ2v) is 4.66. The molecule has 1 aromatic carbocycles. The third-order valence-corrected chi connectivity index (χ3v) is 3.36. The van der Waals surface area contributed by atoms with Gasteiger partial charge in [0, 0.05) is 30.2 Å². The highest BCUT2D eigenvalue weighted by atomic mass is 35.5. The van der Waals surface area contributed by atoms with Crippen molar-refractivity contribution in [3.05, 3.63) is 23.8 Å². The van der Waals surface area contributed by atoms with E-state index in [0.29, 0.717) is 30.2 Å². The second kappa shape index (κ2) is 4.86. The molecule has 0 aromatic heterocycles. The zero-order chi connectivity index (χ0) is 13.3. The van der Waals surface area contributed by atoms with Gasteiger partial charge in [-0.1, -0.05) is 0 Å². The van der Waals surface area contributed by atoms with Gasteiger partial charge in [-0.2, -0.15) is 0 Å². The number of halogens is 1. The lowest BCUT2D eigenvalue weighted by Crippen LogP contribution is -2.25. The average Bonchev–Trinajstić information content (AvgIpc) is 2.69. The topological polar surface area (TPSA) is 83.6 Å². The molecule has 0 bridgehead atoms. The number of alkyl halides is 1. The standard InChI is InChI=1S/C12H13ClN2O3/c13-5-7-1-11(16)15(6-7)10-3-8(12(17)18)2-9(14)4-10/h2-4,7H,1,5-6,14H2,(H,17,18). The van der Waals surface area contributed by atoms with Crippen LogP contribution in [-0.4, -0.2) is 29.4 Å². The van der Waals surface area contributed by atoms with Crippen LogP contribution in [0.15, 0.2) is 18.2 Å². The number of hydrogen-bond donors (Lipinski definition) is 2. The molecule has 0 aliphatic carbocycles. The van der Waals surface area contributed by atoms with E-state index in [1.807, 2.05) is 0 Å². The third kappa shape index (κ3) is 2.41. The monoisotopic (exact) mass is 268 g/mol. The first-order valence-electron chi connectivity index (χ1n) is 5.51. The van der Waals surface area contributed by atoms with Crippen molar-refractivity contribution in [1.82, 2.24) is 0 Å². The molecule has 5 nitrogen and oxygen atoms in total. The van der Waals surface area contributed by atoms with Crippen LogP contribution in [0.5, 0.6) is 0 Å². The van der Waals surface area contributed by atoms with Crippen molar-refractivity contribution in [3.8, 4) is 0 Å². The van der Waals surface area contributed by atoms with E-state index in [0.717, 1.165) is 0 Å². The zero-order valence-electron chi connectivity index (χ0n) is 9.60. The fourth-order valence-electron chi connectivity index (χ4n) is 2.05. The van der Waals surface area contributed by atoms with Gasteiger partial charge >= 0.3 is 5.97 Å². The number of aromatic carboxylic acids is 1. The zero-order valence-corrected chi connectivity index (χ0v) is 10.4. The number of nitrogen functional groups attached to an aromatic ring is 1. The molecule has 1 amide bonds. The minimum absolute atomic E-state index is 0.0532. The summed E-state index contributed by atoms with van der Waals surface area (Å²) < 4.78 is 0. The second-order valence-electron chi connectivity index (χ2n) is 4.35. The Morgan fingerprint density at radius 2 is 2.22 bits per heavy atom. The molecule has 1 aromatic rings. The van der Waals surface area contributed by atoms with E-state index in [4.69, 9.17) is 22.4 Å². The van der Waals surface area contributed by atoms with Gasteiger partial charge in [-0.3, -0.25) is 4.79 Å². The number of hydrogen-bond acceptors (Lipinski definition) is 3. The summed E-state index contributed by atoms with van der Waals surface area (Å²) in [5, 5.41) is 8.96. The molecule has 1 heterocycles. The molecular formula is C12H13ClN2O3. The Morgan fingerprint density at radius 1 is 1.50 bits per heavy atom. The van der Waals surface area contributed by atoms with Crippen LogP contribution in [-0.2, 0) is 4.79 Å². The molecule has 1 aliphatic heterocycles. The van der Waals surface area contributed by atoms with Gasteiger partial charge in [-0.15, -0.1) is 11.6 Å². The summed E-state index contributed by atoms with van der Waals surface area (Å²) in [7, 11) is 0. The van der Waals surface area contributed by atoms with Gasteiger partial charge in [0.1, 0.15) is 0 Å². The van der Waals surface area contributed by atoms with Gasteiger partial charge in [0.05, 0.1) is 5.56 Å². The van der Waals surface area contributed by atoms with Crippen LogP contribution in [0.2, 0.25) is 0 Å². The van der Waals surface area contributed by atoms with Gasteiger partial charge in [0.25, 0.3) is 0 Å². The molecule has 0 saturated carbocycles. The third-order valence-electron chi connectivity index (χ3n) is 2.92.